The number of aromatic nitrogens is 2. The van der Waals surface area contributed by atoms with Crippen molar-refractivity contribution in [1.29, 1.82) is 0 Å². The number of cyclic esters (lactones) is 1. The van der Waals surface area contributed by atoms with E-state index in [1.165, 1.54) is 11.7 Å². The number of fused-ring (bicyclic) bond motifs is 5. The number of aliphatic hydroxyl groups is 1. The first-order valence-electron chi connectivity index (χ1n) is 9.29. The number of rotatable bonds is 2. The second-order valence-corrected chi connectivity index (χ2v) is 7.29. The molecule has 0 saturated carbocycles. The number of aromatic amines is 1. The standard InChI is InChI=1S/C21H18N2O6/c1-3-21(27)13-7-14-16-11(8-23(14)19(25)12(13)9-29-20(21)26)18(24)10-5-4-6-15(28-2)17(10)22-16/h4-7,27H,3,8-9H2,1-2H3,(H,22,24)/t21-/m0/s1. The molecule has 8 nitrogen and oxygen atoms in total. The Hall–Kier alpha value is -3.39. The molecule has 0 unspecified atom stereocenters. The van der Waals surface area contributed by atoms with E-state index >= 15 is 0 Å². The molecule has 2 aliphatic rings. The fraction of sp³-hybridized carbons (Fsp3) is 0.286. The molecule has 0 aliphatic carbocycles. The molecule has 0 saturated heterocycles. The molecule has 1 aromatic carbocycles. The summed E-state index contributed by atoms with van der Waals surface area (Å²) in [5.74, 6) is -0.265. The third kappa shape index (κ3) is 2.14. The van der Waals surface area contributed by atoms with Crippen molar-refractivity contribution in [2.24, 2.45) is 0 Å². The van der Waals surface area contributed by atoms with Gasteiger partial charge in [0.05, 0.1) is 36.1 Å². The number of benzene rings is 1. The minimum absolute atomic E-state index is 0.0661. The third-order valence-corrected chi connectivity index (χ3v) is 5.93. The molecule has 2 aliphatic heterocycles. The SMILES string of the molecule is CC[C@@]1(O)C(=O)OCc2c1cc1n(c2=O)Cc2c-1[nH]c1c(OC)cccc1c2=O. The van der Waals surface area contributed by atoms with Crippen LogP contribution in [0.25, 0.3) is 22.3 Å². The number of para-hydroxylation sites is 1. The molecular formula is C21H18N2O6. The Balaban J connectivity index is 1.86. The Morgan fingerprint density at radius 2 is 2.07 bits per heavy atom. The average molecular weight is 394 g/mol. The molecule has 1 atom stereocenters. The number of carbonyl (C=O) groups is 1. The molecule has 5 rings (SSSR count). The number of methoxy groups -OCH3 is 1. The van der Waals surface area contributed by atoms with Gasteiger partial charge in [0.2, 0.25) is 0 Å². The van der Waals surface area contributed by atoms with Crippen LogP contribution < -0.4 is 15.7 Å². The first-order valence-corrected chi connectivity index (χ1v) is 9.29. The molecule has 0 fully saturated rings. The Bertz CT molecular complexity index is 1340. The number of pyridine rings is 2. The number of hydrogen-bond donors (Lipinski definition) is 2. The second-order valence-electron chi connectivity index (χ2n) is 7.29. The van der Waals surface area contributed by atoms with Crippen molar-refractivity contribution in [3.8, 4) is 17.1 Å². The van der Waals surface area contributed by atoms with Crippen LogP contribution in [0.15, 0.2) is 33.9 Å². The topological polar surface area (TPSA) is 111 Å². The summed E-state index contributed by atoms with van der Waals surface area (Å²) in [5.41, 5.74) is -0.0513. The number of carbonyl (C=O) groups excluding carboxylic acids is 1. The lowest BCUT2D eigenvalue weighted by atomic mass is 9.86. The second kappa shape index (κ2) is 5.81. The van der Waals surface area contributed by atoms with E-state index in [1.54, 1.807) is 31.2 Å². The molecule has 148 valence electrons. The highest BCUT2D eigenvalue weighted by Crippen LogP contribution is 2.38. The molecule has 3 aromatic rings. The largest absolute Gasteiger partial charge is 0.495 e. The maximum Gasteiger partial charge on any atom is 0.343 e. The predicted octanol–water partition coefficient (Wildman–Crippen LogP) is 1.38. The van der Waals surface area contributed by atoms with Gasteiger partial charge in [-0.25, -0.2) is 4.79 Å². The van der Waals surface area contributed by atoms with Gasteiger partial charge in [-0.15, -0.1) is 0 Å². The van der Waals surface area contributed by atoms with E-state index in [1.807, 2.05) is 0 Å². The predicted molar refractivity (Wildman–Crippen MR) is 104 cm³/mol. The van der Waals surface area contributed by atoms with E-state index in [0.29, 0.717) is 33.6 Å². The lowest BCUT2D eigenvalue weighted by Gasteiger charge is -2.31. The average Bonchev–Trinajstić information content (AvgIpc) is 3.10. The van der Waals surface area contributed by atoms with Gasteiger partial charge in [0.25, 0.3) is 5.56 Å². The summed E-state index contributed by atoms with van der Waals surface area (Å²) >= 11 is 0. The van der Waals surface area contributed by atoms with Crippen molar-refractivity contribution in [2.75, 3.05) is 7.11 Å². The zero-order chi connectivity index (χ0) is 20.5. The van der Waals surface area contributed by atoms with Crippen molar-refractivity contribution < 1.29 is 19.4 Å². The van der Waals surface area contributed by atoms with Crippen molar-refractivity contribution in [1.82, 2.24) is 9.55 Å². The lowest BCUT2D eigenvalue weighted by molar-refractivity contribution is -0.172. The van der Waals surface area contributed by atoms with Crippen molar-refractivity contribution in [3.05, 3.63) is 61.5 Å². The van der Waals surface area contributed by atoms with Gasteiger partial charge in [-0.2, -0.15) is 0 Å². The van der Waals surface area contributed by atoms with Crippen molar-refractivity contribution in [2.45, 2.75) is 32.1 Å². The molecule has 0 amide bonds. The van der Waals surface area contributed by atoms with Crippen LogP contribution in [0, 0.1) is 0 Å². The highest BCUT2D eigenvalue weighted by atomic mass is 16.6. The van der Waals surface area contributed by atoms with Crippen LogP contribution in [0.2, 0.25) is 0 Å². The first kappa shape index (κ1) is 17.7. The number of esters is 1. The van der Waals surface area contributed by atoms with Crippen molar-refractivity contribution >= 4 is 16.9 Å². The smallest absolute Gasteiger partial charge is 0.343 e. The van der Waals surface area contributed by atoms with Gasteiger partial charge >= 0.3 is 5.97 Å². The summed E-state index contributed by atoms with van der Waals surface area (Å²) in [6.45, 7) is 1.56. The summed E-state index contributed by atoms with van der Waals surface area (Å²) in [4.78, 5) is 41.7. The van der Waals surface area contributed by atoms with Gasteiger partial charge in [0, 0.05) is 16.5 Å². The van der Waals surface area contributed by atoms with E-state index in [-0.39, 0.29) is 41.7 Å². The van der Waals surface area contributed by atoms with Crippen LogP contribution in [0.3, 0.4) is 0 Å². The fourth-order valence-corrected chi connectivity index (χ4v) is 4.29. The zero-order valence-corrected chi connectivity index (χ0v) is 15.9. The summed E-state index contributed by atoms with van der Waals surface area (Å²) in [7, 11) is 1.52. The monoisotopic (exact) mass is 394 g/mol. The van der Waals surface area contributed by atoms with Crippen LogP contribution >= 0.6 is 0 Å². The molecule has 8 heteroatoms. The number of H-pyrrole nitrogens is 1. The van der Waals surface area contributed by atoms with Crippen LogP contribution in [0.1, 0.15) is 30.0 Å². The highest BCUT2D eigenvalue weighted by molar-refractivity contribution is 5.89. The fourth-order valence-electron chi connectivity index (χ4n) is 4.29. The quantitative estimate of drug-likeness (QED) is 0.497. The van der Waals surface area contributed by atoms with E-state index in [9.17, 15) is 19.5 Å². The van der Waals surface area contributed by atoms with E-state index in [0.717, 1.165) is 0 Å². The lowest BCUT2D eigenvalue weighted by Crippen LogP contribution is -2.44. The van der Waals surface area contributed by atoms with E-state index < -0.39 is 11.6 Å². The molecule has 0 bridgehead atoms. The highest BCUT2D eigenvalue weighted by Gasteiger charge is 2.45. The van der Waals surface area contributed by atoms with Crippen LogP contribution in [-0.4, -0.2) is 27.7 Å². The molecule has 2 aromatic heterocycles. The Morgan fingerprint density at radius 1 is 1.28 bits per heavy atom. The summed E-state index contributed by atoms with van der Waals surface area (Å²) < 4.78 is 11.9. The third-order valence-electron chi connectivity index (χ3n) is 5.93. The van der Waals surface area contributed by atoms with Gasteiger partial charge in [-0.3, -0.25) is 9.59 Å². The molecule has 29 heavy (non-hydrogen) atoms. The number of hydrogen-bond acceptors (Lipinski definition) is 6. The number of nitrogens with zero attached hydrogens (tertiary/aromatic N) is 1. The zero-order valence-electron chi connectivity index (χ0n) is 15.9. The summed E-state index contributed by atoms with van der Waals surface area (Å²) in [5, 5.41) is 11.4. The minimum atomic E-state index is -1.89. The molecule has 4 heterocycles. The van der Waals surface area contributed by atoms with Crippen LogP contribution in [-0.2, 0) is 28.3 Å². The maximum absolute atomic E-state index is 13.1. The van der Waals surface area contributed by atoms with Crippen molar-refractivity contribution in [3.63, 3.8) is 0 Å². The molecule has 0 radical (unpaired) electrons. The van der Waals surface area contributed by atoms with Gasteiger partial charge < -0.3 is 24.1 Å². The normalized spacial score (nSPS) is 19.5. The van der Waals surface area contributed by atoms with Crippen LogP contribution in [0.5, 0.6) is 5.75 Å². The molecule has 0 spiro atoms. The Labute approximate surface area is 164 Å². The van der Waals surface area contributed by atoms with E-state index in [4.69, 9.17) is 9.47 Å². The molecular weight excluding hydrogens is 376 g/mol. The van der Waals surface area contributed by atoms with Gasteiger partial charge in [-0.1, -0.05) is 13.0 Å². The minimum Gasteiger partial charge on any atom is -0.495 e. The number of ether oxygens (including phenoxy) is 2. The van der Waals surface area contributed by atoms with Crippen LogP contribution in [0.4, 0.5) is 0 Å². The van der Waals surface area contributed by atoms with Gasteiger partial charge in [0.1, 0.15) is 12.4 Å². The summed E-state index contributed by atoms with van der Waals surface area (Å²) in [6, 6.07) is 6.80. The maximum atomic E-state index is 13.1. The Morgan fingerprint density at radius 3 is 2.79 bits per heavy atom. The first-order chi connectivity index (χ1) is 13.9. The van der Waals surface area contributed by atoms with Gasteiger partial charge in [-0.05, 0) is 24.6 Å². The number of nitrogens with one attached hydrogen (secondary N) is 1. The van der Waals surface area contributed by atoms with E-state index in [2.05, 4.69) is 4.98 Å². The summed E-state index contributed by atoms with van der Waals surface area (Å²) in [6.07, 6.45) is 0.0661. The van der Waals surface area contributed by atoms with Gasteiger partial charge in [0.15, 0.2) is 11.0 Å². The Kier molecular flexibility index (Phi) is 3.54. The molecule has 2 N–H and O–H groups in total.